The third-order valence-corrected chi connectivity index (χ3v) is 1.65. The molecule has 0 rings (SSSR count). The number of hydrogen-bond donors (Lipinski definition) is 0. The SMILES string of the molecule is CCN(CC)C(=O)OCC(C)(C)C. The van der Waals surface area contributed by atoms with Gasteiger partial charge < -0.3 is 9.64 Å². The highest BCUT2D eigenvalue weighted by molar-refractivity contribution is 5.67. The summed E-state index contributed by atoms with van der Waals surface area (Å²) < 4.78 is 5.14. The molecule has 0 radical (unpaired) electrons. The summed E-state index contributed by atoms with van der Waals surface area (Å²) in [6.45, 7) is 11.9. The van der Waals surface area contributed by atoms with Gasteiger partial charge in [-0.2, -0.15) is 0 Å². The van der Waals surface area contributed by atoms with Gasteiger partial charge in [-0.15, -0.1) is 0 Å². The van der Waals surface area contributed by atoms with E-state index < -0.39 is 0 Å². The van der Waals surface area contributed by atoms with Crippen LogP contribution in [0.25, 0.3) is 0 Å². The van der Waals surface area contributed by atoms with Crippen molar-refractivity contribution in [1.82, 2.24) is 4.90 Å². The summed E-state index contributed by atoms with van der Waals surface area (Å²) in [7, 11) is 0. The van der Waals surface area contributed by atoms with E-state index in [9.17, 15) is 4.79 Å². The van der Waals surface area contributed by atoms with Gasteiger partial charge in [0.05, 0.1) is 6.61 Å². The summed E-state index contributed by atoms with van der Waals surface area (Å²) in [5.74, 6) is 0. The Labute approximate surface area is 81.1 Å². The van der Waals surface area contributed by atoms with Crippen LogP contribution >= 0.6 is 0 Å². The summed E-state index contributed by atoms with van der Waals surface area (Å²) in [4.78, 5) is 13.0. The van der Waals surface area contributed by atoms with Crippen molar-refractivity contribution in [3.8, 4) is 0 Å². The third kappa shape index (κ3) is 5.50. The first kappa shape index (κ1) is 12.3. The van der Waals surface area contributed by atoms with Gasteiger partial charge in [-0.1, -0.05) is 20.8 Å². The van der Waals surface area contributed by atoms with Gasteiger partial charge in [-0.05, 0) is 19.3 Å². The number of rotatable bonds is 3. The van der Waals surface area contributed by atoms with E-state index in [1.54, 1.807) is 4.90 Å². The van der Waals surface area contributed by atoms with E-state index in [1.165, 1.54) is 0 Å². The average molecular weight is 187 g/mol. The van der Waals surface area contributed by atoms with Crippen LogP contribution in [0, 0.1) is 5.41 Å². The van der Waals surface area contributed by atoms with Gasteiger partial charge in [0.2, 0.25) is 0 Å². The summed E-state index contributed by atoms with van der Waals surface area (Å²) in [6, 6.07) is 0. The van der Waals surface area contributed by atoms with Crippen molar-refractivity contribution < 1.29 is 9.53 Å². The van der Waals surface area contributed by atoms with Gasteiger partial charge in [0.15, 0.2) is 0 Å². The van der Waals surface area contributed by atoms with E-state index in [4.69, 9.17) is 4.74 Å². The van der Waals surface area contributed by atoms with Gasteiger partial charge in [0.1, 0.15) is 0 Å². The van der Waals surface area contributed by atoms with E-state index in [1.807, 2.05) is 34.6 Å². The zero-order chi connectivity index (χ0) is 10.5. The van der Waals surface area contributed by atoms with E-state index in [-0.39, 0.29) is 11.5 Å². The molecule has 0 aliphatic rings. The number of amides is 1. The minimum Gasteiger partial charge on any atom is -0.449 e. The predicted octanol–water partition coefficient (Wildman–Crippen LogP) is 2.51. The Kier molecular flexibility index (Phi) is 4.81. The van der Waals surface area contributed by atoms with Gasteiger partial charge in [0.25, 0.3) is 0 Å². The fourth-order valence-electron chi connectivity index (χ4n) is 0.851. The molecule has 0 spiro atoms. The lowest BCUT2D eigenvalue weighted by atomic mass is 9.99. The molecule has 3 nitrogen and oxygen atoms in total. The molecule has 0 saturated heterocycles. The summed E-state index contributed by atoms with van der Waals surface area (Å²) in [5, 5.41) is 0. The highest BCUT2D eigenvalue weighted by Gasteiger charge is 2.16. The molecular formula is C10H21NO2. The lowest BCUT2D eigenvalue weighted by Gasteiger charge is -2.22. The number of ether oxygens (including phenoxy) is 1. The van der Waals surface area contributed by atoms with Gasteiger partial charge in [-0.3, -0.25) is 0 Å². The molecule has 0 aliphatic carbocycles. The first-order valence-corrected chi connectivity index (χ1v) is 4.82. The zero-order valence-corrected chi connectivity index (χ0v) is 9.39. The molecule has 0 saturated carbocycles. The van der Waals surface area contributed by atoms with Crippen molar-refractivity contribution in [3.63, 3.8) is 0 Å². The molecule has 0 unspecified atom stereocenters. The first-order valence-electron chi connectivity index (χ1n) is 4.82. The van der Waals surface area contributed by atoms with Crippen molar-refractivity contribution in [2.75, 3.05) is 19.7 Å². The molecule has 0 fully saturated rings. The second-order valence-corrected chi connectivity index (χ2v) is 4.29. The van der Waals surface area contributed by atoms with E-state index in [0.29, 0.717) is 19.7 Å². The molecule has 13 heavy (non-hydrogen) atoms. The quantitative estimate of drug-likeness (QED) is 0.679. The highest BCUT2D eigenvalue weighted by Crippen LogP contribution is 2.13. The molecule has 0 bridgehead atoms. The Hall–Kier alpha value is -0.730. The maximum atomic E-state index is 11.4. The first-order chi connectivity index (χ1) is 5.90. The van der Waals surface area contributed by atoms with E-state index >= 15 is 0 Å². The minimum absolute atomic E-state index is 0.0445. The largest absolute Gasteiger partial charge is 0.449 e. The molecule has 0 atom stereocenters. The minimum atomic E-state index is -0.208. The molecule has 0 aromatic heterocycles. The second kappa shape index (κ2) is 5.10. The Balaban J connectivity index is 3.86. The number of carbonyl (C=O) groups excluding carboxylic acids is 1. The van der Waals surface area contributed by atoms with Crippen LogP contribution in [-0.4, -0.2) is 30.7 Å². The Morgan fingerprint density at radius 1 is 1.23 bits per heavy atom. The van der Waals surface area contributed by atoms with Crippen molar-refractivity contribution in [1.29, 1.82) is 0 Å². The standard InChI is InChI=1S/C10H21NO2/c1-6-11(7-2)9(12)13-8-10(3,4)5/h6-8H2,1-5H3. The molecule has 0 aliphatic heterocycles. The lowest BCUT2D eigenvalue weighted by Crippen LogP contribution is -2.33. The molecule has 0 aromatic carbocycles. The number of nitrogens with zero attached hydrogens (tertiary/aromatic N) is 1. The average Bonchev–Trinajstić information content (AvgIpc) is 2.02. The van der Waals surface area contributed by atoms with Crippen LogP contribution in [0.4, 0.5) is 4.79 Å². The van der Waals surface area contributed by atoms with Gasteiger partial charge in [-0.25, -0.2) is 4.79 Å². The molecule has 3 heteroatoms. The highest BCUT2D eigenvalue weighted by atomic mass is 16.6. The monoisotopic (exact) mass is 187 g/mol. The van der Waals surface area contributed by atoms with Crippen molar-refractivity contribution >= 4 is 6.09 Å². The van der Waals surface area contributed by atoms with Gasteiger partial charge >= 0.3 is 6.09 Å². The lowest BCUT2D eigenvalue weighted by molar-refractivity contribution is 0.0750. The van der Waals surface area contributed by atoms with Crippen molar-refractivity contribution in [3.05, 3.63) is 0 Å². The van der Waals surface area contributed by atoms with Crippen LogP contribution in [-0.2, 0) is 4.74 Å². The second-order valence-electron chi connectivity index (χ2n) is 4.29. The summed E-state index contributed by atoms with van der Waals surface area (Å²) >= 11 is 0. The zero-order valence-electron chi connectivity index (χ0n) is 9.39. The predicted molar refractivity (Wildman–Crippen MR) is 53.7 cm³/mol. The smallest absolute Gasteiger partial charge is 0.409 e. The molecule has 0 aromatic rings. The topological polar surface area (TPSA) is 29.5 Å². The Morgan fingerprint density at radius 2 is 1.69 bits per heavy atom. The van der Waals surface area contributed by atoms with Gasteiger partial charge in [0, 0.05) is 13.1 Å². The van der Waals surface area contributed by atoms with Crippen molar-refractivity contribution in [2.24, 2.45) is 5.41 Å². The van der Waals surface area contributed by atoms with E-state index in [0.717, 1.165) is 0 Å². The summed E-state index contributed by atoms with van der Waals surface area (Å²) in [6.07, 6.45) is -0.208. The van der Waals surface area contributed by atoms with Crippen LogP contribution in [0.15, 0.2) is 0 Å². The van der Waals surface area contributed by atoms with E-state index in [2.05, 4.69) is 0 Å². The fraction of sp³-hybridized carbons (Fsp3) is 0.900. The Bertz CT molecular complexity index is 157. The molecule has 78 valence electrons. The molecule has 0 heterocycles. The fourth-order valence-corrected chi connectivity index (χ4v) is 0.851. The Morgan fingerprint density at radius 3 is 2.00 bits per heavy atom. The third-order valence-electron chi connectivity index (χ3n) is 1.65. The van der Waals surface area contributed by atoms with Crippen LogP contribution < -0.4 is 0 Å². The van der Waals surface area contributed by atoms with Crippen LogP contribution in [0.5, 0.6) is 0 Å². The number of carbonyl (C=O) groups is 1. The molecule has 0 N–H and O–H groups in total. The maximum absolute atomic E-state index is 11.4. The van der Waals surface area contributed by atoms with Crippen LogP contribution in [0.1, 0.15) is 34.6 Å². The van der Waals surface area contributed by atoms with Crippen molar-refractivity contribution in [2.45, 2.75) is 34.6 Å². The number of hydrogen-bond acceptors (Lipinski definition) is 2. The normalized spacial score (nSPS) is 11.2. The summed E-state index contributed by atoms with van der Waals surface area (Å²) in [5.41, 5.74) is 0.0445. The molecular weight excluding hydrogens is 166 g/mol. The molecule has 1 amide bonds. The van der Waals surface area contributed by atoms with Crippen LogP contribution in [0.3, 0.4) is 0 Å². The maximum Gasteiger partial charge on any atom is 0.409 e. The van der Waals surface area contributed by atoms with Crippen LogP contribution in [0.2, 0.25) is 0 Å².